The van der Waals surface area contributed by atoms with Crippen LogP contribution in [0.4, 0.5) is 0 Å². The number of nitrogens with two attached hydrogens (primary N) is 1. The van der Waals surface area contributed by atoms with Crippen LogP contribution in [0.5, 0.6) is 0 Å². The molecule has 0 saturated heterocycles. The fraction of sp³-hybridized carbons (Fsp3) is 0.750. The zero-order valence-electron chi connectivity index (χ0n) is 9.74. The Labute approximate surface area is 91.7 Å². The van der Waals surface area contributed by atoms with E-state index in [0.717, 1.165) is 25.8 Å². The zero-order chi connectivity index (χ0) is 10.9. The third kappa shape index (κ3) is 2.07. The van der Waals surface area contributed by atoms with Crippen molar-refractivity contribution in [2.45, 2.75) is 57.5 Å². The van der Waals surface area contributed by atoms with E-state index in [-0.39, 0.29) is 5.41 Å². The Balaban J connectivity index is 2.14. The topological polar surface area (TPSA) is 43.8 Å². The molecule has 0 aromatic carbocycles. The van der Waals surface area contributed by atoms with Crippen LogP contribution in [0.2, 0.25) is 0 Å². The highest BCUT2D eigenvalue weighted by atomic mass is 15.3. The SMILES string of the molecule is CCCn1cc(C2(C)CCC(N)C2)cn1. The lowest BCUT2D eigenvalue weighted by atomic mass is 9.83. The largest absolute Gasteiger partial charge is 0.328 e. The molecular weight excluding hydrogens is 186 g/mol. The molecule has 2 N–H and O–H groups in total. The van der Waals surface area contributed by atoms with E-state index in [1.807, 2.05) is 10.9 Å². The normalized spacial score (nSPS) is 31.0. The van der Waals surface area contributed by atoms with E-state index in [4.69, 9.17) is 5.73 Å². The average molecular weight is 207 g/mol. The molecule has 0 amide bonds. The predicted molar refractivity (Wildman–Crippen MR) is 61.7 cm³/mol. The summed E-state index contributed by atoms with van der Waals surface area (Å²) in [6.45, 7) is 5.50. The number of hydrogen-bond acceptors (Lipinski definition) is 2. The van der Waals surface area contributed by atoms with Crippen LogP contribution < -0.4 is 5.73 Å². The van der Waals surface area contributed by atoms with Crippen LogP contribution in [0, 0.1) is 0 Å². The minimum Gasteiger partial charge on any atom is -0.328 e. The Morgan fingerprint density at radius 1 is 1.67 bits per heavy atom. The summed E-state index contributed by atoms with van der Waals surface area (Å²) in [5, 5.41) is 4.40. The van der Waals surface area contributed by atoms with E-state index in [2.05, 4.69) is 25.1 Å². The second-order valence-corrected chi connectivity index (χ2v) is 5.06. The lowest BCUT2D eigenvalue weighted by Crippen LogP contribution is -2.22. The van der Waals surface area contributed by atoms with Gasteiger partial charge in [-0.2, -0.15) is 5.10 Å². The van der Waals surface area contributed by atoms with Crippen molar-refractivity contribution in [1.82, 2.24) is 9.78 Å². The molecule has 1 saturated carbocycles. The monoisotopic (exact) mass is 207 g/mol. The first kappa shape index (κ1) is 10.7. The van der Waals surface area contributed by atoms with Crippen LogP contribution in [-0.4, -0.2) is 15.8 Å². The van der Waals surface area contributed by atoms with Gasteiger partial charge in [-0.1, -0.05) is 13.8 Å². The summed E-state index contributed by atoms with van der Waals surface area (Å²) in [6, 6.07) is 0.379. The van der Waals surface area contributed by atoms with E-state index in [9.17, 15) is 0 Å². The average Bonchev–Trinajstić information content (AvgIpc) is 2.75. The van der Waals surface area contributed by atoms with Crippen LogP contribution in [0.3, 0.4) is 0 Å². The smallest absolute Gasteiger partial charge is 0.0527 e. The highest BCUT2D eigenvalue weighted by molar-refractivity contribution is 5.21. The van der Waals surface area contributed by atoms with E-state index in [1.54, 1.807) is 0 Å². The molecule has 1 aromatic rings. The van der Waals surface area contributed by atoms with Crippen molar-refractivity contribution in [2.24, 2.45) is 5.73 Å². The maximum Gasteiger partial charge on any atom is 0.0527 e. The van der Waals surface area contributed by atoms with Gasteiger partial charge in [0.25, 0.3) is 0 Å². The summed E-state index contributed by atoms with van der Waals surface area (Å²) in [5.74, 6) is 0. The molecule has 0 bridgehead atoms. The lowest BCUT2D eigenvalue weighted by molar-refractivity contribution is 0.480. The summed E-state index contributed by atoms with van der Waals surface area (Å²) in [6.07, 6.45) is 8.80. The van der Waals surface area contributed by atoms with E-state index >= 15 is 0 Å². The molecule has 3 heteroatoms. The second-order valence-electron chi connectivity index (χ2n) is 5.06. The summed E-state index contributed by atoms with van der Waals surface area (Å²) in [5.41, 5.74) is 7.62. The molecule has 0 aliphatic heterocycles. The molecular formula is C12H21N3. The molecule has 1 fully saturated rings. The van der Waals surface area contributed by atoms with E-state index in [0.29, 0.717) is 6.04 Å². The Bertz CT molecular complexity index is 331. The maximum absolute atomic E-state index is 5.99. The van der Waals surface area contributed by atoms with Crippen molar-refractivity contribution in [3.05, 3.63) is 18.0 Å². The minimum absolute atomic E-state index is 0.269. The lowest BCUT2D eigenvalue weighted by Gasteiger charge is -2.21. The van der Waals surface area contributed by atoms with Gasteiger partial charge in [0.1, 0.15) is 0 Å². The molecule has 0 spiro atoms. The fourth-order valence-electron chi connectivity index (χ4n) is 2.58. The molecule has 1 aliphatic carbocycles. The summed E-state index contributed by atoms with van der Waals surface area (Å²) >= 11 is 0. The maximum atomic E-state index is 5.99. The van der Waals surface area contributed by atoms with Gasteiger partial charge in [-0.25, -0.2) is 0 Å². The molecule has 2 rings (SSSR count). The van der Waals surface area contributed by atoms with Gasteiger partial charge in [0.15, 0.2) is 0 Å². The Morgan fingerprint density at radius 3 is 3.07 bits per heavy atom. The third-order valence-electron chi connectivity index (χ3n) is 3.56. The van der Waals surface area contributed by atoms with Crippen molar-refractivity contribution in [3.63, 3.8) is 0 Å². The first-order chi connectivity index (χ1) is 7.14. The van der Waals surface area contributed by atoms with E-state index in [1.165, 1.54) is 12.0 Å². The van der Waals surface area contributed by atoms with Crippen LogP contribution in [0.1, 0.15) is 45.1 Å². The standard InChI is InChI=1S/C12H21N3/c1-3-6-15-9-10(8-14-15)12(2)5-4-11(13)7-12/h8-9,11H,3-7,13H2,1-2H3. The molecule has 15 heavy (non-hydrogen) atoms. The summed E-state index contributed by atoms with van der Waals surface area (Å²) in [7, 11) is 0. The molecule has 1 aromatic heterocycles. The number of nitrogens with zero attached hydrogens (tertiary/aromatic N) is 2. The predicted octanol–water partition coefficient (Wildman–Crippen LogP) is 2.06. The molecule has 84 valence electrons. The number of hydrogen-bond donors (Lipinski definition) is 1. The Morgan fingerprint density at radius 2 is 2.47 bits per heavy atom. The minimum atomic E-state index is 0.269. The van der Waals surface area contributed by atoms with Crippen LogP contribution >= 0.6 is 0 Å². The van der Waals surface area contributed by atoms with Gasteiger partial charge < -0.3 is 5.73 Å². The number of rotatable bonds is 3. The van der Waals surface area contributed by atoms with Crippen LogP contribution in [0.15, 0.2) is 12.4 Å². The highest BCUT2D eigenvalue weighted by Gasteiger charge is 2.35. The van der Waals surface area contributed by atoms with Gasteiger partial charge >= 0.3 is 0 Å². The van der Waals surface area contributed by atoms with Crippen molar-refractivity contribution in [1.29, 1.82) is 0 Å². The van der Waals surface area contributed by atoms with Gasteiger partial charge in [0.2, 0.25) is 0 Å². The van der Waals surface area contributed by atoms with Gasteiger partial charge in [-0.15, -0.1) is 0 Å². The van der Waals surface area contributed by atoms with Crippen molar-refractivity contribution in [3.8, 4) is 0 Å². The Hall–Kier alpha value is -0.830. The number of aryl methyl sites for hydroxylation is 1. The van der Waals surface area contributed by atoms with Crippen LogP contribution in [-0.2, 0) is 12.0 Å². The summed E-state index contributed by atoms with van der Waals surface area (Å²) < 4.78 is 2.05. The first-order valence-electron chi connectivity index (χ1n) is 5.92. The first-order valence-corrected chi connectivity index (χ1v) is 5.92. The molecule has 1 aliphatic rings. The quantitative estimate of drug-likeness (QED) is 0.824. The van der Waals surface area contributed by atoms with Gasteiger partial charge in [0.05, 0.1) is 6.20 Å². The Kier molecular flexibility index (Phi) is 2.83. The zero-order valence-corrected chi connectivity index (χ0v) is 9.74. The molecule has 3 nitrogen and oxygen atoms in total. The fourth-order valence-corrected chi connectivity index (χ4v) is 2.58. The van der Waals surface area contributed by atoms with Crippen LogP contribution in [0.25, 0.3) is 0 Å². The van der Waals surface area contributed by atoms with Crippen molar-refractivity contribution >= 4 is 0 Å². The molecule has 2 atom stereocenters. The highest BCUT2D eigenvalue weighted by Crippen LogP contribution is 2.39. The van der Waals surface area contributed by atoms with Gasteiger partial charge in [-0.05, 0) is 36.7 Å². The molecule has 2 unspecified atom stereocenters. The van der Waals surface area contributed by atoms with Crippen molar-refractivity contribution < 1.29 is 0 Å². The molecule has 0 radical (unpaired) electrons. The molecule has 1 heterocycles. The van der Waals surface area contributed by atoms with Gasteiger partial charge in [-0.3, -0.25) is 4.68 Å². The second kappa shape index (κ2) is 3.97. The number of aromatic nitrogens is 2. The van der Waals surface area contributed by atoms with Crippen molar-refractivity contribution in [2.75, 3.05) is 0 Å². The third-order valence-corrected chi connectivity index (χ3v) is 3.56. The summed E-state index contributed by atoms with van der Waals surface area (Å²) in [4.78, 5) is 0. The van der Waals surface area contributed by atoms with E-state index < -0.39 is 0 Å². The van der Waals surface area contributed by atoms with Gasteiger partial charge in [0, 0.05) is 18.8 Å².